The Bertz CT molecular complexity index is 327. The van der Waals surface area contributed by atoms with Crippen molar-refractivity contribution in [3.63, 3.8) is 0 Å². The molecule has 16 heavy (non-hydrogen) atoms. The number of hydrogen-bond acceptors (Lipinski definition) is 4. The van der Waals surface area contributed by atoms with Crippen LogP contribution >= 0.6 is 0 Å². The third-order valence-electron chi connectivity index (χ3n) is 2.12. The van der Waals surface area contributed by atoms with Crippen molar-refractivity contribution in [2.45, 2.75) is 13.0 Å². The third-order valence-corrected chi connectivity index (χ3v) is 2.98. The number of pyridine rings is 1. The van der Waals surface area contributed by atoms with E-state index in [-0.39, 0.29) is 0 Å². The van der Waals surface area contributed by atoms with Crippen molar-refractivity contribution >= 4 is 10.8 Å². The molecule has 1 unspecified atom stereocenters. The topological polar surface area (TPSA) is 51.2 Å². The molecular weight excluding hydrogens is 224 g/mol. The van der Waals surface area contributed by atoms with Gasteiger partial charge in [-0.2, -0.15) is 0 Å². The van der Waals surface area contributed by atoms with Gasteiger partial charge in [-0.25, -0.2) is 4.98 Å². The van der Waals surface area contributed by atoms with Gasteiger partial charge in [-0.1, -0.05) is 6.07 Å². The van der Waals surface area contributed by atoms with Gasteiger partial charge in [0.05, 0.1) is 7.11 Å². The lowest BCUT2D eigenvalue weighted by molar-refractivity contribution is 0.397. The van der Waals surface area contributed by atoms with Crippen LogP contribution in [0.15, 0.2) is 18.3 Å². The summed E-state index contributed by atoms with van der Waals surface area (Å²) in [5.41, 5.74) is 1.12. The molecule has 0 saturated heterocycles. The van der Waals surface area contributed by atoms with Gasteiger partial charge >= 0.3 is 0 Å². The lowest BCUT2D eigenvalue weighted by Gasteiger charge is -2.04. The van der Waals surface area contributed by atoms with E-state index in [9.17, 15) is 4.21 Å². The van der Waals surface area contributed by atoms with Crippen molar-refractivity contribution in [3.05, 3.63) is 23.9 Å². The van der Waals surface area contributed by atoms with Crippen molar-refractivity contribution in [2.24, 2.45) is 0 Å². The van der Waals surface area contributed by atoms with Crippen molar-refractivity contribution < 1.29 is 8.95 Å². The highest BCUT2D eigenvalue weighted by Crippen LogP contribution is 2.05. The Hall–Kier alpha value is -0.940. The maximum atomic E-state index is 10.8. The van der Waals surface area contributed by atoms with Crippen molar-refractivity contribution in [2.75, 3.05) is 25.7 Å². The lowest BCUT2D eigenvalue weighted by Crippen LogP contribution is -2.16. The van der Waals surface area contributed by atoms with Crippen LogP contribution in [0.2, 0.25) is 0 Å². The molecule has 1 aromatic heterocycles. The van der Waals surface area contributed by atoms with E-state index in [0.29, 0.717) is 5.88 Å². The highest BCUT2D eigenvalue weighted by atomic mass is 32.2. The highest BCUT2D eigenvalue weighted by Gasteiger charge is 1.96. The maximum absolute atomic E-state index is 10.8. The number of hydrogen-bond donors (Lipinski definition) is 1. The fourth-order valence-electron chi connectivity index (χ4n) is 1.27. The van der Waals surface area contributed by atoms with Crippen LogP contribution in [0.1, 0.15) is 12.0 Å². The van der Waals surface area contributed by atoms with E-state index in [2.05, 4.69) is 10.3 Å². The Labute approximate surface area is 98.9 Å². The van der Waals surface area contributed by atoms with Gasteiger partial charge in [0.15, 0.2) is 0 Å². The second-order valence-corrected chi connectivity index (χ2v) is 5.07. The SMILES string of the molecule is COc1ccc(CNCCCS(C)=O)cn1. The summed E-state index contributed by atoms with van der Waals surface area (Å²) in [5, 5.41) is 3.28. The van der Waals surface area contributed by atoms with Crippen LogP contribution in [0.25, 0.3) is 0 Å². The molecule has 0 amide bonds. The smallest absolute Gasteiger partial charge is 0.212 e. The quantitative estimate of drug-likeness (QED) is 0.723. The first-order chi connectivity index (χ1) is 7.72. The molecule has 0 aliphatic rings. The van der Waals surface area contributed by atoms with Gasteiger partial charge in [0, 0.05) is 41.6 Å². The van der Waals surface area contributed by atoms with E-state index in [1.807, 2.05) is 12.1 Å². The summed E-state index contributed by atoms with van der Waals surface area (Å²) < 4.78 is 15.8. The molecule has 1 aromatic rings. The number of ether oxygens (including phenoxy) is 1. The van der Waals surface area contributed by atoms with Gasteiger partial charge in [0.1, 0.15) is 0 Å². The van der Waals surface area contributed by atoms with Gasteiger partial charge in [0.25, 0.3) is 0 Å². The first-order valence-corrected chi connectivity index (χ1v) is 6.94. The van der Waals surface area contributed by atoms with Crippen molar-refractivity contribution in [3.8, 4) is 5.88 Å². The summed E-state index contributed by atoms with van der Waals surface area (Å²) in [6, 6.07) is 3.83. The van der Waals surface area contributed by atoms with E-state index in [0.717, 1.165) is 30.8 Å². The number of nitrogens with zero attached hydrogens (tertiary/aromatic N) is 1. The molecule has 0 aliphatic heterocycles. The molecule has 0 fully saturated rings. The number of aromatic nitrogens is 1. The minimum absolute atomic E-state index is 0.630. The highest BCUT2D eigenvalue weighted by molar-refractivity contribution is 7.84. The molecule has 4 nitrogen and oxygen atoms in total. The lowest BCUT2D eigenvalue weighted by atomic mass is 10.3. The molecule has 90 valence electrons. The molecule has 5 heteroatoms. The second kappa shape index (κ2) is 7.35. The average molecular weight is 242 g/mol. The first-order valence-electron chi connectivity index (χ1n) is 5.22. The summed E-state index contributed by atoms with van der Waals surface area (Å²) >= 11 is 0. The number of methoxy groups -OCH3 is 1. The van der Waals surface area contributed by atoms with E-state index >= 15 is 0 Å². The number of nitrogens with one attached hydrogen (secondary N) is 1. The van der Waals surface area contributed by atoms with E-state index in [1.54, 1.807) is 19.6 Å². The molecular formula is C11H18N2O2S. The van der Waals surface area contributed by atoms with Gasteiger partial charge < -0.3 is 10.1 Å². The molecule has 0 aromatic carbocycles. The standard InChI is InChI=1S/C11H18N2O2S/c1-15-11-5-4-10(9-13-11)8-12-6-3-7-16(2)14/h4-5,9,12H,3,6-8H2,1-2H3. The van der Waals surface area contributed by atoms with E-state index < -0.39 is 10.8 Å². The summed E-state index contributed by atoms with van der Waals surface area (Å²) in [5.74, 6) is 1.39. The van der Waals surface area contributed by atoms with Crippen LogP contribution in [0.3, 0.4) is 0 Å². The predicted octanol–water partition coefficient (Wildman–Crippen LogP) is 0.948. The Kier molecular flexibility index (Phi) is 6.03. The van der Waals surface area contributed by atoms with Crippen LogP contribution in [0.5, 0.6) is 5.88 Å². The Balaban J connectivity index is 2.19. The molecule has 1 rings (SSSR count). The molecule has 0 bridgehead atoms. The molecule has 0 aliphatic carbocycles. The second-order valence-electron chi connectivity index (χ2n) is 3.52. The molecule has 1 heterocycles. The van der Waals surface area contributed by atoms with E-state index in [1.165, 1.54) is 0 Å². The molecule has 0 radical (unpaired) electrons. The fraction of sp³-hybridized carbons (Fsp3) is 0.545. The fourth-order valence-corrected chi connectivity index (χ4v) is 1.82. The number of rotatable bonds is 7. The summed E-state index contributed by atoms with van der Waals surface area (Å²) in [4.78, 5) is 4.11. The summed E-state index contributed by atoms with van der Waals surface area (Å²) in [7, 11) is 0.916. The summed E-state index contributed by atoms with van der Waals surface area (Å²) in [6.45, 7) is 1.67. The van der Waals surface area contributed by atoms with Gasteiger partial charge in [-0.15, -0.1) is 0 Å². The van der Waals surface area contributed by atoms with Crippen LogP contribution in [0.4, 0.5) is 0 Å². The maximum Gasteiger partial charge on any atom is 0.212 e. The zero-order chi connectivity index (χ0) is 11.8. The monoisotopic (exact) mass is 242 g/mol. The molecule has 0 saturated carbocycles. The molecule has 0 spiro atoms. The predicted molar refractivity (Wildman–Crippen MR) is 66.0 cm³/mol. The van der Waals surface area contributed by atoms with Crippen molar-refractivity contribution in [1.29, 1.82) is 0 Å². The van der Waals surface area contributed by atoms with Gasteiger partial charge in [-0.05, 0) is 18.5 Å². The Morgan fingerprint density at radius 2 is 2.31 bits per heavy atom. The zero-order valence-corrected chi connectivity index (χ0v) is 10.5. The van der Waals surface area contributed by atoms with E-state index in [4.69, 9.17) is 4.74 Å². The minimum Gasteiger partial charge on any atom is -0.481 e. The third kappa shape index (κ3) is 5.23. The van der Waals surface area contributed by atoms with Crippen LogP contribution < -0.4 is 10.1 Å². The molecule has 1 N–H and O–H groups in total. The molecule has 1 atom stereocenters. The average Bonchev–Trinajstić information content (AvgIpc) is 2.29. The van der Waals surface area contributed by atoms with Crippen LogP contribution in [0, 0.1) is 0 Å². The largest absolute Gasteiger partial charge is 0.481 e. The first kappa shape index (κ1) is 13.1. The van der Waals surface area contributed by atoms with Crippen LogP contribution in [-0.2, 0) is 17.3 Å². The Morgan fingerprint density at radius 1 is 1.50 bits per heavy atom. The Morgan fingerprint density at radius 3 is 2.88 bits per heavy atom. The van der Waals surface area contributed by atoms with Gasteiger partial charge in [0.2, 0.25) is 5.88 Å². The minimum atomic E-state index is -0.687. The van der Waals surface area contributed by atoms with Crippen molar-refractivity contribution in [1.82, 2.24) is 10.3 Å². The zero-order valence-electron chi connectivity index (χ0n) is 9.73. The summed E-state index contributed by atoms with van der Waals surface area (Å²) in [6.07, 6.45) is 4.46. The van der Waals surface area contributed by atoms with Crippen LogP contribution in [-0.4, -0.2) is 34.9 Å². The normalized spacial score (nSPS) is 12.4. The van der Waals surface area contributed by atoms with Gasteiger partial charge in [-0.3, -0.25) is 4.21 Å².